The number of para-hydroxylation sites is 1. The van der Waals surface area contributed by atoms with E-state index in [1.165, 1.54) is 23.5 Å². The Morgan fingerprint density at radius 2 is 2.10 bits per heavy atom. The van der Waals surface area contributed by atoms with Crippen LogP contribution in [0.3, 0.4) is 0 Å². The topological polar surface area (TPSA) is 45.1 Å². The van der Waals surface area contributed by atoms with Crippen molar-refractivity contribution < 1.29 is 9.50 Å². The van der Waals surface area contributed by atoms with Gasteiger partial charge in [0.05, 0.1) is 21.3 Å². The first-order chi connectivity index (χ1) is 10.1. The summed E-state index contributed by atoms with van der Waals surface area (Å²) in [5.41, 5.74) is 1.39. The SMILES string of the molecule is OC(CNc1nc2ccccc2s1)c1ccc(Cl)c(F)c1. The first-order valence-corrected chi connectivity index (χ1v) is 7.55. The fraction of sp³-hybridized carbons (Fsp3) is 0.133. The van der Waals surface area contributed by atoms with Gasteiger partial charge in [0.2, 0.25) is 0 Å². The van der Waals surface area contributed by atoms with Crippen molar-refractivity contribution in [3.63, 3.8) is 0 Å². The maximum Gasteiger partial charge on any atom is 0.183 e. The normalized spacial score (nSPS) is 12.5. The number of aliphatic hydroxyl groups is 1. The molecule has 21 heavy (non-hydrogen) atoms. The lowest BCUT2D eigenvalue weighted by Gasteiger charge is -2.11. The fourth-order valence-corrected chi connectivity index (χ4v) is 2.96. The smallest absolute Gasteiger partial charge is 0.183 e. The molecule has 0 aliphatic carbocycles. The predicted molar refractivity (Wildman–Crippen MR) is 84.5 cm³/mol. The quantitative estimate of drug-likeness (QED) is 0.755. The van der Waals surface area contributed by atoms with Crippen molar-refractivity contribution in [2.75, 3.05) is 11.9 Å². The molecule has 0 saturated heterocycles. The standard InChI is InChI=1S/C15H12ClFN2OS/c16-10-6-5-9(7-11(10)17)13(20)8-18-15-19-12-3-1-2-4-14(12)21-15/h1-7,13,20H,8H2,(H,18,19). The van der Waals surface area contributed by atoms with Crippen LogP contribution in [-0.2, 0) is 0 Å². The predicted octanol–water partition coefficient (Wildman–Crippen LogP) is 4.23. The molecule has 2 N–H and O–H groups in total. The Morgan fingerprint density at radius 1 is 1.29 bits per heavy atom. The second-order valence-corrected chi connectivity index (χ2v) is 5.99. The number of nitrogens with zero attached hydrogens (tertiary/aromatic N) is 1. The summed E-state index contributed by atoms with van der Waals surface area (Å²) in [6, 6.07) is 12.1. The van der Waals surface area contributed by atoms with E-state index in [0.29, 0.717) is 5.56 Å². The molecule has 0 spiro atoms. The van der Waals surface area contributed by atoms with Crippen LogP contribution in [0, 0.1) is 5.82 Å². The molecule has 108 valence electrons. The highest BCUT2D eigenvalue weighted by Crippen LogP contribution is 2.26. The Kier molecular flexibility index (Phi) is 4.05. The summed E-state index contributed by atoms with van der Waals surface area (Å²) in [5, 5.41) is 13.9. The number of thiazole rings is 1. The zero-order valence-corrected chi connectivity index (χ0v) is 12.5. The van der Waals surface area contributed by atoms with Gasteiger partial charge >= 0.3 is 0 Å². The van der Waals surface area contributed by atoms with E-state index in [1.807, 2.05) is 24.3 Å². The van der Waals surface area contributed by atoms with Crippen LogP contribution in [0.4, 0.5) is 9.52 Å². The molecule has 6 heteroatoms. The van der Waals surface area contributed by atoms with Gasteiger partial charge < -0.3 is 10.4 Å². The van der Waals surface area contributed by atoms with Gasteiger partial charge in [-0.1, -0.05) is 41.1 Å². The number of anilines is 1. The zero-order chi connectivity index (χ0) is 14.8. The van der Waals surface area contributed by atoms with Crippen LogP contribution in [0.5, 0.6) is 0 Å². The zero-order valence-electron chi connectivity index (χ0n) is 10.9. The molecule has 0 fully saturated rings. The van der Waals surface area contributed by atoms with E-state index in [1.54, 1.807) is 6.07 Å². The summed E-state index contributed by atoms with van der Waals surface area (Å²) >= 11 is 7.13. The molecule has 2 aromatic carbocycles. The molecule has 1 atom stereocenters. The number of hydrogen-bond donors (Lipinski definition) is 2. The lowest BCUT2D eigenvalue weighted by molar-refractivity contribution is 0.191. The molecular formula is C15H12ClFN2OS. The van der Waals surface area contributed by atoms with E-state index in [9.17, 15) is 9.50 Å². The molecule has 0 amide bonds. The summed E-state index contributed by atoms with van der Waals surface area (Å²) in [4.78, 5) is 4.41. The number of hydrogen-bond acceptors (Lipinski definition) is 4. The monoisotopic (exact) mass is 322 g/mol. The fourth-order valence-electron chi connectivity index (χ4n) is 1.97. The van der Waals surface area contributed by atoms with Gasteiger partial charge in [0.25, 0.3) is 0 Å². The second kappa shape index (κ2) is 5.97. The van der Waals surface area contributed by atoms with Crippen LogP contribution in [0.25, 0.3) is 10.2 Å². The minimum atomic E-state index is -0.830. The summed E-state index contributed by atoms with van der Waals surface area (Å²) in [6.07, 6.45) is -0.830. The minimum Gasteiger partial charge on any atom is -0.387 e. The van der Waals surface area contributed by atoms with Gasteiger partial charge in [-0.05, 0) is 29.8 Å². The Morgan fingerprint density at radius 3 is 2.86 bits per heavy atom. The van der Waals surface area contributed by atoms with E-state index >= 15 is 0 Å². The van der Waals surface area contributed by atoms with E-state index < -0.39 is 11.9 Å². The number of halogens is 2. The van der Waals surface area contributed by atoms with Crippen LogP contribution in [0.2, 0.25) is 5.02 Å². The number of benzene rings is 2. The molecule has 0 radical (unpaired) electrons. The van der Waals surface area contributed by atoms with Crippen molar-refractivity contribution in [3.8, 4) is 0 Å². The number of fused-ring (bicyclic) bond motifs is 1. The van der Waals surface area contributed by atoms with Gasteiger partial charge in [-0.2, -0.15) is 0 Å². The summed E-state index contributed by atoms with van der Waals surface area (Å²) in [5.74, 6) is -0.534. The Bertz CT molecular complexity index is 744. The third kappa shape index (κ3) is 3.15. The lowest BCUT2D eigenvalue weighted by atomic mass is 10.1. The van der Waals surface area contributed by atoms with Crippen molar-refractivity contribution in [2.45, 2.75) is 6.10 Å². The van der Waals surface area contributed by atoms with Gasteiger partial charge in [0.1, 0.15) is 5.82 Å². The molecule has 0 bridgehead atoms. The first-order valence-electron chi connectivity index (χ1n) is 6.36. The van der Waals surface area contributed by atoms with Crippen molar-refractivity contribution in [1.29, 1.82) is 0 Å². The largest absolute Gasteiger partial charge is 0.387 e. The van der Waals surface area contributed by atoms with Crippen LogP contribution < -0.4 is 5.32 Å². The Labute approximate surface area is 130 Å². The third-order valence-electron chi connectivity index (χ3n) is 3.07. The van der Waals surface area contributed by atoms with E-state index in [-0.39, 0.29) is 11.6 Å². The highest BCUT2D eigenvalue weighted by atomic mass is 35.5. The number of rotatable bonds is 4. The molecule has 0 saturated carbocycles. The molecule has 1 heterocycles. The molecule has 0 aliphatic heterocycles. The number of nitrogens with one attached hydrogen (secondary N) is 1. The van der Waals surface area contributed by atoms with Crippen LogP contribution >= 0.6 is 22.9 Å². The third-order valence-corrected chi connectivity index (χ3v) is 4.37. The van der Waals surface area contributed by atoms with Crippen LogP contribution in [0.15, 0.2) is 42.5 Å². The Balaban J connectivity index is 1.70. The Hall–Kier alpha value is -1.69. The summed E-state index contributed by atoms with van der Waals surface area (Å²) in [6.45, 7) is 0.251. The molecule has 0 aliphatic rings. The van der Waals surface area contributed by atoms with Gasteiger partial charge in [-0.3, -0.25) is 0 Å². The average molecular weight is 323 g/mol. The van der Waals surface area contributed by atoms with Crippen molar-refractivity contribution in [1.82, 2.24) is 4.98 Å². The molecule has 1 unspecified atom stereocenters. The molecule has 3 rings (SSSR count). The van der Waals surface area contributed by atoms with Gasteiger partial charge in [0.15, 0.2) is 5.13 Å². The number of aliphatic hydroxyl groups excluding tert-OH is 1. The van der Waals surface area contributed by atoms with Crippen molar-refractivity contribution in [2.24, 2.45) is 0 Å². The van der Waals surface area contributed by atoms with E-state index in [0.717, 1.165) is 15.3 Å². The highest BCUT2D eigenvalue weighted by molar-refractivity contribution is 7.22. The van der Waals surface area contributed by atoms with Gasteiger partial charge in [-0.15, -0.1) is 0 Å². The molecule has 3 aromatic rings. The van der Waals surface area contributed by atoms with Crippen LogP contribution in [-0.4, -0.2) is 16.6 Å². The van der Waals surface area contributed by atoms with E-state index in [4.69, 9.17) is 11.6 Å². The summed E-state index contributed by atoms with van der Waals surface area (Å²) < 4.78 is 14.4. The van der Waals surface area contributed by atoms with Crippen molar-refractivity contribution >= 4 is 38.3 Å². The van der Waals surface area contributed by atoms with Gasteiger partial charge in [0, 0.05) is 6.54 Å². The number of aromatic nitrogens is 1. The second-order valence-electron chi connectivity index (χ2n) is 4.56. The maximum atomic E-state index is 13.4. The minimum absolute atomic E-state index is 0.0464. The van der Waals surface area contributed by atoms with Crippen LogP contribution in [0.1, 0.15) is 11.7 Å². The van der Waals surface area contributed by atoms with Gasteiger partial charge in [-0.25, -0.2) is 9.37 Å². The van der Waals surface area contributed by atoms with E-state index in [2.05, 4.69) is 10.3 Å². The first kappa shape index (κ1) is 14.3. The maximum absolute atomic E-state index is 13.4. The lowest BCUT2D eigenvalue weighted by Crippen LogP contribution is -2.12. The summed E-state index contributed by atoms with van der Waals surface area (Å²) in [7, 11) is 0. The molecule has 3 nitrogen and oxygen atoms in total. The molecule has 1 aromatic heterocycles. The average Bonchev–Trinajstić information content (AvgIpc) is 2.90. The van der Waals surface area contributed by atoms with Crippen molar-refractivity contribution in [3.05, 3.63) is 58.9 Å². The highest BCUT2D eigenvalue weighted by Gasteiger charge is 2.11. The molecular weight excluding hydrogens is 311 g/mol.